The Morgan fingerprint density at radius 3 is 2.59 bits per heavy atom. The third kappa shape index (κ3) is 3.30. The minimum atomic E-state index is -0.266. The van der Waals surface area contributed by atoms with Gasteiger partial charge in [0.2, 0.25) is 6.19 Å². The van der Waals surface area contributed by atoms with Gasteiger partial charge >= 0.3 is 0 Å². The molecule has 2 aliphatic heterocycles. The van der Waals surface area contributed by atoms with Gasteiger partial charge in [-0.25, -0.2) is 0 Å². The minimum absolute atomic E-state index is 0.266. The van der Waals surface area contributed by atoms with Gasteiger partial charge in [0.1, 0.15) is 11.4 Å². The van der Waals surface area contributed by atoms with E-state index in [9.17, 15) is 5.26 Å². The maximum absolute atomic E-state index is 9.20. The molecule has 0 amide bonds. The van der Waals surface area contributed by atoms with E-state index in [1.54, 1.807) is 6.07 Å². The van der Waals surface area contributed by atoms with Gasteiger partial charge in [0.25, 0.3) is 0 Å². The molecular formula is C22H20N4O. The Bertz CT molecular complexity index is 988. The highest BCUT2D eigenvalue weighted by Gasteiger charge is 2.41. The van der Waals surface area contributed by atoms with Gasteiger partial charge in [-0.2, -0.15) is 15.5 Å². The van der Waals surface area contributed by atoms with Crippen molar-refractivity contribution in [2.75, 3.05) is 20.1 Å². The summed E-state index contributed by atoms with van der Waals surface area (Å²) >= 11 is 0. The SMILES string of the molecule is CN1CCC2(CC1)CC(=NC#N)c1cc(-c3cccc(C#N)c3)ccc1O2. The topological polar surface area (TPSA) is 72.4 Å². The Morgan fingerprint density at radius 1 is 1.07 bits per heavy atom. The number of fused-ring (bicyclic) bond motifs is 1. The van der Waals surface area contributed by atoms with Crippen molar-refractivity contribution in [1.29, 1.82) is 10.5 Å². The van der Waals surface area contributed by atoms with Gasteiger partial charge in [-0.15, -0.1) is 0 Å². The van der Waals surface area contributed by atoms with Crippen molar-refractivity contribution >= 4 is 5.71 Å². The monoisotopic (exact) mass is 356 g/mol. The molecule has 0 saturated carbocycles. The molecule has 2 aliphatic rings. The van der Waals surface area contributed by atoms with Gasteiger partial charge in [0, 0.05) is 37.9 Å². The number of benzene rings is 2. The standard InChI is InChI=1S/C22H20N4O/c1-26-9-7-22(8-10-26)13-20(25-15-24)19-12-18(5-6-21(19)27-22)17-4-2-3-16(11-17)14-23/h2-6,11-12H,7-10,13H2,1H3. The Kier molecular flexibility index (Phi) is 4.39. The summed E-state index contributed by atoms with van der Waals surface area (Å²) in [5.74, 6) is 0.792. The molecular weight excluding hydrogens is 336 g/mol. The maximum atomic E-state index is 9.20. The first-order valence-electron chi connectivity index (χ1n) is 9.11. The molecule has 0 aromatic heterocycles. The van der Waals surface area contributed by atoms with Crippen LogP contribution >= 0.6 is 0 Å². The summed E-state index contributed by atoms with van der Waals surface area (Å²) in [6, 6.07) is 15.7. The molecule has 0 unspecified atom stereocenters. The molecule has 5 nitrogen and oxygen atoms in total. The van der Waals surface area contributed by atoms with E-state index in [1.807, 2.05) is 42.6 Å². The number of hydrogen-bond acceptors (Lipinski definition) is 5. The third-order valence-electron chi connectivity index (χ3n) is 5.51. The van der Waals surface area contributed by atoms with Crippen LogP contribution in [0.15, 0.2) is 47.5 Å². The van der Waals surface area contributed by atoms with Crippen LogP contribution in [0, 0.1) is 22.8 Å². The van der Waals surface area contributed by atoms with Gasteiger partial charge < -0.3 is 9.64 Å². The van der Waals surface area contributed by atoms with Gasteiger partial charge in [-0.1, -0.05) is 18.2 Å². The second-order valence-corrected chi connectivity index (χ2v) is 7.33. The number of ether oxygens (including phenoxy) is 1. The molecule has 2 aromatic rings. The maximum Gasteiger partial charge on any atom is 0.205 e. The zero-order valence-corrected chi connectivity index (χ0v) is 15.3. The zero-order chi connectivity index (χ0) is 18.9. The Labute approximate surface area is 159 Å². The van der Waals surface area contributed by atoms with Crippen molar-refractivity contribution in [3.63, 3.8) is 0 Å². The molecule has 0 bridgehead atoms. The number of likely N-dealkylation sites (tertiary alicyclic amines) is 1. The van der Waals surface area contributed by atoms with E-state index >= 15 is 0 Å². The zero-order valence-electron chi connectivity index (χ0n) is 15.3. The molecule has 27 heavy (non-hydrogen) atoms. The summed E-state index contributed by atoms with van der Waals surface area (Å²) in [5.41, 5.74) is 3.98. The van der Waals surface area contributed by atoms with Crippen molar-refractivity contribution < 1.29 is 4.74 Å². The molecule has 5 heteroatoms. The number of nitrogens with zero attached hydrogens (tertiary/aromatic N) is 4. The van der Waals surface area contributed by atoms with Crippen LogP contribution in [-0.4, -0.2) is 36.3 Å². The molecule has 0 N–H and O–H groups in total. The number of rotatable bonds is 1. The Hall–Kier alpha value is -3.15. The van der Waals surface area contributed by atoms with Crippen molar-refractivity contribution in [2.24, 2.45) is 4.99 Å². The van der Waals surface area contributed by atoms with Crippen LogP contribution in [0.4, 0.5) is 0 Å². The fraction of sp³-hybridized carbons (Fsp3) is 0.318. The lowest BCUT2D eigenvalue weighted by molar-refractivity contribution is 0.00982. The third-order valence-corrected chi connectivity index (χ3v) is 5.51. The van der Waals surface area contributed by atoms with Crippen LogP contribution in [0.25, 0.3) is 11.1 Å². The van der Waals surface area contributed by atoms with E-state index in [-0.39, 0.29) is 5.60 Å². The molecule has 4 rings (SSSR count). The van der Waals surface area contributed by atoms with Gasteiger partial charge in [0.05, 0.1) is 17.3 Å². The first-order chi connectivity index (χ1) is 13.1. The van der Waals surface area contributed by atoms with Crippen LogP contribution in [0.5, 0.6) is 5.75 Å². The average Bonchev–Trinajstić information content (AvgIpc) is 2.70. The first-order valence-corrected chi connectivity index (χ1v) is 9.11. The van der Waals surface area contributed by atoms with Crippen LogP contribution in [-0.2, 0) is 0 Å². The fourth-order valence-electron chi connectivity index (χ4n) is 3.93. The van der Waals surface area contributed by atoms with Crippen molar-refractivity contribution in [1.82, 2.24) is 4.90 Å². The molecule has 0 aliphatic carbocycles. The number of nitriles is 2. The molecule has 1 spiro atoms. The second kappa shape index (κ2) is 6.87. The lowest BCUT2D eigenvalue weighted by Crippen LogP contribution is -2.50. The largest absolute Gasteiger partial charge is 0.486 e. The van der Waals surface area contributed by atoms with E-state index in [1.165, 1.54) is 0 Å². The summed E-state index contributed by atoms with van der Waals surface area (Å²) < 4.78 is 6.45. The van der Waals surface area contributed by atoms with Crippen molar-refractivity contribution in [3.8, 4) is 29.1 Å². The highest BCUT2D eigenvalue weighted by atomic mass is 16.5. The molecule has 1 saturated heterocycles. The van der Waals surface area contributed by atoms with E-state index in [4.69, 9.17) is 10.00 Å². The van der Waals surface area contributed by atoms with E-state index in [0.29, 0.717) is 12.0 Å². The molecule has 2 aromatic carbocycles. The summed E-state index contributed by atoms with van der Waals surface area (Å²) in [7, 11) is 2.12. The minimum Gasteiger partial charge on any atom is -0.486 e. The van der Waals surface area contributed by atoms with Crippen LogP contribution in [0.3, 0.4) is 0 Å². The number of aliphatic imine (C=N–C) groups is 1. The van der Waals surface area contributed by atoms with Crippen molar-refractivity contribution in [2.45, 2.75) is 24.9 Å². The molecule has 2 heterocycles. The summed E-state index contributed by atoms with van der Waals surface area (Å²) in [6.07, 6.45) is 4.48. The smallest absolute Gasteiger partial charge is 0.205 e. The Morgan fingerprint density at radius 2 is 1.85 bits per heavy atom. The molecule has 134 valence electrons. The second-order valence-electron chi connectivity index (χ2n) is 7.33. The first kappa shape index (κ1) is 17.3. The van der Waals surface area contributed by atoms with Crippen LogP contribution < -0.4 is 4.74 Å². The van der Waals surface area contributed by atoms with E-state index < -0.39 is 0 Å². The predicted molar refractivity (Wildman–Crippen MR) is 103 cm³/mol. The van der Waals surface area contributed by atoms with Gasteiger partial charge in [0.15, 0.2) is 0 Å². The quantitative estimate of drug-likeness (QED) is 0.730. The van der Waals surface area contributed by atoms with E-state index in [0.717, 1.165) is 54.1 Å². The fourth-order valence-corrected chi connectivity index (χ4v) is 3.93. The lowest BCUT2D eigenvalue weighted by atomic mass is 9.81. The molecule has 0 radical (unpaired) electrons. The number of piperidine rings is 1. The molecule has 1 fully saturated rings. The summed E-state index contributed by atoms with van der Waals surface area (Å²) in [5, 5.41) is 18.3. The number of hydrogen-bond donors (Lipinski definition) is 0. The normalized spacial score (nSPS) is 19.7. The average molecular weight is 356 g/mol. The van der Waals surface area contributed by atoms with Crippen LogP contribution in [0.1, 0.15) is 30.4 Å². The lowest BCUT2D eigenvalue weighted by Gasteiger charge is -2.44. The van der Waals surface area contributed by atoms with Gasteiger partial charge in [-0.05, 0) is 42.4 Å². The van der Waals surface area contributed by atoms with Crippen LogP contribution in [0.2, 0.25) is 0 Å². The van der Waals surface area contributed by atoms with Gasteiger partial charge in [-0.3, -0.25) is 0 Å². The predicted octanol–water partition coefficient (Wildman–Crippen LogP) is 3.74. The molecule has 0 atom stereocenters. The summed E-state index contributed by atoms with van der Waals surface area (Å²) in [6.45, 7) is 1.96. The highest BCUT2D eigenvalue weighted by molar-refractivity contribution is 6.05. The summed E-state index contributed by atoms with van der Waals surface area (Å²) in [4.78, 5) is 6.44. The Balaban J connectivity index is 1.74. The van der Waals surface area contributed by atoms with Crippen molar-refractivity contribution in [3.05, 3.63) is 53.6 Å². The van der Waals surface area contributed by atoms with E-state index in [2.05, 4.69) is 23.0 Å². The highest BCUT2D eigenvalue weighted by Crippen LogP contribution is 2.41.